The zero-order valence-corrected chi connectivity index (χ0v) is 16.7. The van der Waals surface area contributed by atoms with Gasteiger partial charge in [0.15, 0.2) is 0 Å². The van der Waals surface area contributed by atoms with E-state index in [2.05, 4.69) is 0 Å². The zero-order chi connectivity index (χ0) is 20.2. The van der Waals surface area contributed by atoms with E-state index >= 15 is 0 Å². The number of aliphatic hydroxyl groups excluding tert-OH is 2. The van der Waals surface area contributed by atoms with Gasteiger partial charge in [-0.2, -0.15) is 0 Å². The molecule has 0 aromatic heterocycles. The molecule has 1 saturated heterocycles. The molecule has 152 valence electrons. The Kier molecular flexibility index (Phi) is 12.9. The molecule has 26 heavy (non-hydrogen) atoms. The van der Waals surface area contributed by atoms with Gasteiger partial charge in [-0.3, -0.25) is 18.9 Å². The Morgan fingerprint density at radius 1 is 1.23 bits per heavy atom. The van der Waals surface area contributed by atoms with Gasteiger partial charge in [0.2, 0.25) is 5.85 Å². The first kappa shape index (κ1) is 25.1. The number of ether oxygens (including phenoxy) is 3. The number of carbonyl (C=O) groups excluding carboxylic acids is 3. The van der Waals surface area contributed by atoms with Crippen LogP contribution < -0.4 is 0 Å². The fourth-order valence-electron chi connectivity index (χ4n) is 1.81. The van der Waals surface area contributed by atoms with E-state index in [0.717, 1.165) is 0 Å². The molecule has 1 aliphatic rings. The Hall–Kier alpha value is -0.860. The standard InChI is InChI=1S/C13H20O8.CH3Cl2OP/c14-4-1-3-11(16)20-8-10-9(7-12(17)21-10)13(18)19-6-2-5-15;1-5(2,3)4/h9-10,14-15H,1-8H2;1H3. The molecule has 2 atom stereocenters. The van der Waals surface area contributed by atoms with Gasteiger partial charge in [0.1, 0.15) is 18.6 Å². The zero-order valence-electron chi connectivity index (χ0n) is 14.3. The summed E-state index contributed by atoms with van der Waals surface area (Å²) in [7, 11) is 0. The van der Waals surface area contributed by atoms with Gasteiger partial charge in [-0.1, -0.05) is 0 Å². The number of carbonyl (C=O) groups is 3. The maximum absolute atomic E-state index is 11.8. The Balaban J connectivity index is 0.00000110. The first-order valence-corrected chi connectivity index (χ1v) is 11.7. The van der Waals surface area contributed by atoms with Crippen LogP contribution in [0.4, 0.5) is 0 Å². The summed E-state index contributed by atoms with van der Waals surface area (Å²) >= 11 is 9.70. The second-order valence-electron chi connectivity index (χ2n) is 5.32. The van der Waals surface area contributed by atoms with Crippen molar-refractivity contribution in [1.29, 1.82) is 0 Å². The van der Waals surface area contributed by atoms with E-state index in [9.17, 15) is 18.9 Å². The van der Waals surface area contributed by atoms with Crippen molar-refractivity contribution in [2.75, 3.05) is 33.1 Å². The van der Waals surface area contributed by atoms with Crippen LogP contribution in [-0.4, -0.2) is 67.3 Å². The predicted molar refractivity (Wildman–Crippen MR) is 93.2 cm³/mol. The quantitative estimate of drug-likeness (QED) is 0.238. The van der Waals surface area contributed by atoms with Crippen molar-refractivity contribution in [3.05, 3.63) is 0 Å². The third-order valence-corrected chi connectivity index (χ3v) is 2.92. The monoisotopic (exact) mass is 436 g/mol. The Morgan fingerprint density at radius 2 is 1.81 bits per heavy atom. The van der Waals surface area contributed by atoms with Gasteiger partial charge in [0.05, 0.1) is 13.0 Å². The largest absolute Gasteiger partial charge is 0.465 e. The third-order valence-electron chi connectivity index (χ3n) is 2.92. The highest BCUT2D eigenvalue weighted by molar-refractivity contribution is 8.08. The lowest BCUT2D eigenvalue weighted by Crippen LogP contribution is -2.31. The van der Waals surface area contributed by atoms with Gasteiger partial charge < -0.3 is 24.4 Å². The topological polar surface area (TPSA) is 136 Å². The first-order chi connectivity index (χ1) is 12.1. The fraction of sp³-hybridized carbons (Fsp3) is 0.786. The first-order valence-electron chi connectivity index (χ1n) is 7.78. The summed E-state index contributed by atoms with van der Waals surface area (Å²) in [5.41, 5.74) is 0. The van der Waals surface area contributed by atoms with Crippen LogP contribution in [-0.2, 0) is 33.2 Å². The van der Waals surface area contributed by atoms with Crippen molar-refractivity contribution in [3.8, 4) is 0 Å². The second-order valence-corrected chi connectivity index (χ2v) is 11.2. The van der Waals surface area contributed by atoms with Gasteiger partial charge in [-0.05, 0) is 28.9 Å². The van der Waals surface area contributed by atoms with E-state index in [0.29, 0.717) is 6.42 Å². The molecular weight excluding hydrogens is 414 g/mol. The summed E-state index contributed by atoms with van der Waals surface area (Å²) in [4.78, 5) is 34.4. The molecule has 0 spiro atoms. The molecule has 0 amide bonds. The summed E-state index contributed by atoms with van der Waals surface area (Å²) in [5.74, 6) is -5.18. The summed E-state index contributed by atoms with van der Waals surface area (Å²) < 4.78 is 24.5. The molecule has 0 bridgehead atoms. The number of cyclic esters (lactones) is 1. The van der Waals surface area contributed by atoms with Crippen LogP contribution in [0.25, 0.3) is 0 Å². The van der Waals surface area contributed by atoms with Crippen LogP contribution in [0.5, 0.6) is 0 Å². The minimum absolute atomic E-state index is 0.0583. The van der Waals surface area contributed by atoms with E-state index in [-0.39, 0.29) is 45.7 Å². The molecule has 12 heteroatoms. The van der Waals surface area contributed by atoms with Gasteiger partial charge >= 0.3 is 17.9 Å². The van der Waals surface area contributed by atoms with E-state index in [1.54, 1.807) is 0 Å². The normalized spacial score (nSPS) is 19.2. The number of rotatable bonds is 9. The van der Waals surface area contributed by atoms with E-state index < -0.39 is 35.8 Å². The number of hydrogen-bond acceptors (Lipinski definition) is 9. The van der Waals surface area contributed by atoms with Crippen LogP contribution >= 0.6 is 28.3 Å². The summed E-state index contributed by atoms with van der Waals surface area (Å²) in [6.07, 6.45) is -0.305. The minimum Gasteiger partial charge on any atom is -0.465 e. The maximum Gasteiger partial charge on any atom is 0.313 e. The highest BCUT2D eigenvalue weighted by Gasteiger charge is 2.41. The SMILES string of the molecule is CP(=O)(Cl)Cl.O=C(CCCO)OCC1OC(=O)CC1C(=O)OCCCO. The molecule has 0 saturated carbocycles. The maximum atomic E-state index is 11.8. The molecule has 1 fully saturated rings. The van der Waals surface area contributed by atoms with Crippen LogP contribution in [0.2, 0.25) is 0 Å². The molecule has 1 heterocycles. The van der Waals surface area contributed by atoms with Crippen LogP contribution in [0.3, 0.4) is 0 Å². The van der Waals surface area contributed by atoms with Gasteiger partial charge in [-0.15, -0.1) is 0 Å². The van der Waals surface area contributed by atoms with Gasteiger partial charge in [0, 0.05) is 32.7 Å². The van der Waals surface area contributed by atoms with Crippen molar-refractivity contribution in [2.24, 2.45) is 5.92 Å². The number of aliphatic hydroxyl groups is 2. The minimum atomic E-state index is -2.69. The fourth-order valence-corrected chi connectivity index (χ4v) is 1.81. The molecule has 2 unspecified atom stereocenters. The molecule has 1 aliphatic heterocycles. The smallest absolute Gasteiger partial charge is 0.313 e. The van der Waals surface area contributed by atoms with Crippen LogP contribution in [0, 0.1) is 5.92 Å². The Morgan fingerprint density at radius 3 is 2.35 bits per heavy atom. The number of hydrogen-bond donors (Lipinski definition) is 2. The Bertz CT molecular complexity index is 500. The van der Waals surface area contributed by atoms with Crippen molar-refractivity contribution >= 4 is 46.2 Å². The molecule has 1 rings (SSSR count). The third kappa shape index (κ3) is 13.4. The van der Waals surface area contributed by atoms with Crippen molar-refractivity contribution in [1.82, 2.24) is 0 Å². The van der Waals surface area contributed by atoms with E-state index in [1.165, 1.54) is 6.66 Å². The van der Waals surface area contributed by atoms with E-state index in [1.807, 2.05) is 0 Å². The Labute approximate surface area is 160 Å². The molecule has 2 N–H and O–H groups in total. The number of halogens is 2. The lowest BCUT2D eigenvalue weighted by molar-refractivity contribution is -0.158. The highest BCUT2D eigenvalue weighted by atomic mass is 35.9. The average Bonchev–Trinajstić information content (AvgIpc) is 2.90. The highest BCUT2D eigenvalue weighted by Crippen LogP contribution is 2.52. The average molecular weight is 437 g/mol. The molecule has 0 aromatic carbocycles. The summed E-state index contributed by atoms with van der Waals surface area (Å²) in [5, 5.41) is 17.2. The lowest BCUT2D eigenvalue weighted by atomic mass is 10.0. The van der Waals surface area contributed by atoms with Crippen molar-refractivity contribution in [3.63, 3.8) is 0 Å². The van der Waals surface area contributed by atoms with Gasteiger partial charge in [0.25, 0.3) is 0 Å². The molecule has 9 nitrogen and oxygen atoms in total. The van der Waals surface area contributed by atoms with Crippen LogP contribution in [0.1, 0.15) is 25.7 Å². The molecule has 0 aromatic rings. The van der Waals surface area contributed by atoms with Crippen molar-refractivity contribution < 1.29 is 43.4 Å². The van der Waals surface area contributed by atoms with Gasteiger partial charge in [-0.25, -0.2) is 0 Å². The molecule has 0 radical (unpaired) electrons. The summed E-state index contributed by atoms with van der Waals surface area (Å²) in [6.45, 7) is 0.904. The molecule has 0 aliphatic carbocycles. The predicted octanol–water partition coefficient (Wildman–Crippen LogP) is 1.45. The van der Waals surface area contributed by atoms with Crippen LogP contribution in [0.15, 0.2) is 0 Å². The second kappa shape index (κ2) is 13.3. The lowest BCUT2D eigenvalue weighted by Gasteiger charge is -2.16. The van der Waals surface area contributed by atoms with Crippen molar-refractivity contribution in [2.45, 2.75) is 31.8 Å². The number of esters is 3. The van der Waals surface area contributed by atoms with E-state index in [4.69, 9.17) is 46.9 Å². The molecular formula is C14H23Cl2O9P. The summed E-state index contributed by atoms with van der Waals surface area (Å²) in [6, 6.07) is 0.